The number of alkyl halides is 2. The van der Waals surface area contributed by atoms with E-state index in [1.54, 1.807) is 24.4 Å². The van der Waals surface area contributed by atoms with Crippen LogP contribution in [0.15, 0.2) is 87.9 Å². The van der Waals surface area contributed by atoms with Gasteiger partial charge < -0.3 is 10.4 Å². The molecule has 0 aliphatic heterocycles. The fourth-order valence-electron chi connectivity index (χ4n) is 3.04. The predicted octanol–water partition coefficient (Wildman–Crippen LogP) is 7.11. The normalized spacial score (nSPS) is 13.7. The fourth-order valence-corrected chi connectivity index (χ4v) is 3.04. The van der Waals surface area contributed by atoms with Gasteiger partial charge in [-0.15, -0.1) is 0 Å². The molecule has 0 unspecified atom stereocenters. The van der Waals surface area contributed by atoms with E-state index in [0.29, 0.717) is 37.2 Å². The van der Waals surface area contributed by atoms with Crippen molar-refractivity contribution in [1.82, 2.24) is 5.32 Å². The molecule has 0 fully saturated rings. The van der Waals surface area contributed by atoms with Crippen LogP contribution in [0, 0.1) is 0 Å². The number of nitrogens with zero attached hydrogens (tertiary/aromatic N) is 2. The largest absolute Gasteiger partial charge is 0.477 e. The van der Waals surface area contributed by atoms with Gasteiger partial charge in [-0.05, 0) is 49.5 Å². The maximum absolute atomic E-state index is 13.5. The molecular formula is C29H36F3N3O3. The van der Waals surface area contributed by atoms with Crippen LogP contribution in [0.5, 0.6) is 0 Å². The fraction of sp³-hybridized carbons (Fsp3) is 0.379. The molecule has 1 rings (SSSR count). The Hall–Kier alpha value is -3.75. The van der Waals surface area contributed by atoms with E-state index in [0.717, 1.165) is 5.56 Å². The summed E-state index contributed by atoms with van der Waals surface area (Å²) < 4.78 is 40.1. The first-order valence-electron chi connectivity index (χ1n) is 12.6. The number of carboxylic acids is 1. The highest BCUT2D eigenvalue weighted by Gasteiger charge is 2.37. The number of hydrogen-bond acceptors (Lipinski definition) is 4. The molecule has 6 nitrogen and oxygen atoms in total. The van der Waals surface area contributed by atoms with Crippen molar-refractivity contribution in [1.29, 1.82) is 0 Å². The summed E-state index contributed by atoms with van der Waals surface area (Å²) >= 11 is 0. The Morgan fingerprint density at radius 3 is 2.32 bits per heavy atom. The molecule has 206 valence electrons. The van der Waals surface area contributed by atoms with E-state index in [1.165, 1.54) is 18.4 Å². The molecule has 1 aromatic carbocycles. The minimum atomic E-state index is -3.79. The zero-order valence-corrected chi connectivity index (χ0v) is 21.9. The van der Waals surface area contributed by atoms with Crippen molar-refractivity contribution in [3.05, 3.63) is 83.5 Å². The molecule has 38 heavy (non-hydrogen) atoms. The van der Waals surface area contributed by atoms with Gasteiger partial charge in [0, 0.05) is 38.2 Å². The van der Waals surface area contributed by atoms with Crippen molar-refractivity contribution in [2.75, 3.05) is 0 Å². The number of carboxylic acid groups (broad SMARTS) is 1. The number of hydrogen-bond donors (Lipinski definition) is 2. The van der Waals surface area contributed by atoms with E-state index in [2.05, 4.69) is 15.3 Å². The van der Waals surface area contributed by atoms with E-state index >= 15 is 0 Å². The summed E-state index contributed by atoms with van der Waals surface area (Å²) in [7, 11) is 0. The monoisotopic (exact) mass is 531 g/mol. The van der Waals surface area contributed by atoms with Crippen molar-refractivity contribution in [2.45, 2.75) is 71.3 Å². The zero-order chi connectivity index (χ0) is 28.2. The van der Waals surface area contributed by atoms with Crippen LogP contribution in [0.4, 0.5) is 13.2 Å². The van der Waals surface area contributed by atoms with Gasteiger partial charge in [-0.2, -0.15) is 8.78 Å². The second kappa shape index (κ2) is 18.5. The molecule has 9 heteroatoms. The molecule has 0 radical (unpaired) electrons. The van der Waals surface area contributed by atoms with Crippen molar-refractivity contribution in [3.8, 4) is 0 Å². The summed E-state index contributed by atoms with van der Waals surface area (Å²) in [6.45, 7) is 4.11. The van der Waals surface area contributed by atoms with Crippen LogP contribution in [0.1, 0.15) is 64.4 Å². The first-order valence-corrected chi connectivity index (χ1v) is 12.6. The van der Waals surface area contributed by atoms with E-state index in [9.17, 15) is 22.8 Å². The average Bonchev–Trinajstić information content (AvgIpc) is 2.89. The Morgan fingerprint density at radius 2 is 1.66 bits per heavy atom. The molecule has 0 aliphatic carbocycles. The number of unbranched alkanes of at least 4 members (excludes halogenated alkanes) is 1. The smallest absolute Gasteiger partial charge is 0.374 e. The molecular weight excluding hydrogens is 495 g/mol. The SMILES string of the molecule is CC/C=C(F)\C=C/CC=NC(=C/CC)/C(=C\CC(=O)NCc1ccccc1)N=CCCCC(F)(F)C(=O)O. The van der Waals surface area contributed by atoms with Gasteiger partial charge in [0.15, 0.2) is 0 Å². The minimum Gasteiger partial charge on any atom is -0.477 e. The summed E-state index contributed by atoms with van der Waals surface area (Å²) in [5.41, 5.74) is 1.81. The topological polar surface area (TPSA) is 91.1 Å². The van der Waals surface area contributed by atoms with Crippen molar-refractivity contribution < 1.29 is 27.9 Å². The lowest BCUT2D eigenvalue weighted by Gasteiger charge is -2.09. The molecule has 0 aromatic heterocycles. The van der Waals surface area contributed by atoms with Gasteiger partial charge in [0.1, 0.15) is 5.83 Å². The van der Waals surface area contributed by atoms with Gasteiger partial charge in [0.2, 0.25) is 5.91 Å². The first kappa shape index (κ1) is 32.3. The number of rotatable bonds is 17. The Kier molecular flexibility index (Phi) is 15.7. The molecule has 2 N–H and O–H groups in total. The summed E-state index contributed by atoms with van der Waals surface area (Å²) in [5, 5.41) is 11.4. The van der Waals surface area contributed by atoms with Gasteiger partial charge in [0.05, 0.1) is 11.4 Å². The number of halogens is 3. The van der Waals surface area contributed by atoms with Crippen LogP contribution < -0.4 is 5.32 Å². The van der Waals surface area contributed by atoms with Crippen LogP contribution >= 0.6 is 0 Å². The molecule has 0 saturated heterocycles. The van der Waals surface area contributed by atoms with E-state index < -0.39 is 18.3 Å². The first-order chi connectivity index (χ1) is 18.2. The van der Waals surface area contributed by atoms with Crippen molar-refractivity contribution >= 4 is 24.3 Å². The third-order valence-electron chi connectivity index (χ3n) is 4.99. The van der Waals surface area contributed by atoms with E-state index in [1.807, 2.05) is 44.2 Å². The maximum atomic E-state index is 13.5. The number of nitrogens with one attached hydrogen (secondary N) is 1. The van der Waals surface area contributed by atoms with Gasteiger partial charge in [-0.25, -0.2) is 9.18 Å². The van der Waals surface area contributed by atoms with Crippen molar-refractivity contribution in [2.24, 2.45) is 9.98 Å². The number of carbonyl (C=O) groups excluding carboxylic acids is 1. The standard InChI is InChI=1S/C29H36F3N3O3/c1-3-12-24(30)16-8-10-20-33-25(13-4-2)26(34-21-11-9-19-29(31,32)28(37)38)17-18-27(36)35-22-23-14-6-5-7-15-23/h5-8,12-17,20-21H,3-4,9-11,18-19,22H2,1-2H3,(H,35,36)(H,37,38)/b16-8-,24-12+,25-13+,26-17+,33-20?,34-21?. The average molecular weight is 532 g/mol. The number of amides is 1. The Morgan fingerprint density at radius 1 is 1.00 bits per heavy atom. The van der Waals surface area contributed by atoms with Crippen LogP contribution in [0.3, 0.4) is 0 Å². The van der Waals surface area contributed by atoms with Crippen LogP contribution in [0.2, 0.25) is 0 Å². The highest BCUT2D eigenvalue weighted by Crippen LogP contribution is 2.21. The van der Waals surface area contributed by atoms with Gasteiger partial charge in [0.25, 0.3) is 0 Å². The summed E-state index contributed by atoms with van der Waals surface area (Å²) in [6, 6.07) is 9.44. The second-order valence-corrected chi connectivity index (χ2v) is 8.21. The molecule has 0 spiro atoms. The summed E-state index contributed by atoms with van der Waals surface area (Å²) in [5.74, 6) is -6.51. The zero-order valence-electron chi connectivity index (χ0n) is 21.9. The molecule has 0 atom stereocenters. The van der Waals surface area contributed by atoms with Crippen LogP contribution in [-0.4, -0.2) is 35.3 Å². The third kappa shape index (κ3) is 14.1. The molecule has 0 saturated carbocycles. The summed E-state index contributed by atoms with van der Waals surface area (Å²) in [4.78, 5) is 31.8. The quantitative estimate of drug-likeness (QED) is 0.127. The van der Waals surface area contributed by atoms with E-state index in [-0.39, 0.29) is 31.0 Å². The maximum Gasteiger partial charge on any atom is 0.374 e. The Bertz CT molecular complexity index is 1060. The molecule has 1 amide bonds. The number of benzene rings is 1. The minimum absolute atomic E-state index is 0.0140. The number of carbonyl (C=O) groups is 2. The number of allylic oxidation sites excluding steroid dienone is 5. The Balaban J connectivity index is 2.95. The van der Waals surface area contributed by atoms with E-state index in [4.69, 9.17) is 5.11 Å². The van der Waals surface area contributed by atoms with Crippen LogP contribution in [0.25, 0.3) is 0 Å². The highest BCUT2D eigenvalue weighted by molar-refractivity contribution is 5.78. The molecule has 0 bridgehead atoms. The van der Waals surface area contributed by atoms with Crippen molar-refractivity contribution in [3.63, 3.8) is 0 Å². The van der Waals surface area contributed by atoms with Gasteiger partial charge >= 0.3 is 11.9 Å². The number of aliphatic carboxylic acids is 1. The Labute approximate surface area is 222 Å². The lowest BCUT2D eigenvalue weighted by Crippen LogP contribution is -2.27. The van der Waals surface area contributed by atoms with Crippen LogP contribution in [-0.2, 0) is 16.1 Å². The third-order valence-corrected chi connectivity index (χ3v) is 4.99. The number of aliphatic imine (C=N–C) groups is 2. The second-order valence-electron chi connectivity index (χ2n) is 8.21. The van der Waals surface area contributed by atoms with Gasteiger partial charge in [-0.3, -0.25) is 14.8 Å². The molecule has 1 aromatic rings. The predicted molar refractivity (Wildman–Crippen MR) is 146 cm³/mol. The molecule has 0 heterocycles. The molecule has 0 aliphatic rings. The highest BCUT2D eigenvalue weighted by atomic mass is 19.3. The van der Waals surface area contributed by atoms with Gasteiger partial charge in [-0.1, -0.05) is 56.3 Å². The lowest BCUT2D eigenvalue weighted by molar-refractivity contribution is -0.165. The summed E-state index contributed by atoms with van der Waals surface area (Å²) in [6.07, 6.45) is 11.7. The lowest BCUT2D eigenvalue weighted by atomic mass is 10.1.